The number of halogens is 1. The molecule has 0 amide bonds. The van der Waals surface area contributed by atoms with E-state index in [0.29, 0.717) is 0 Å². The standard InChI is InChI=1S/C17H13FN4O3S/c18-11-5-6-14-13(8-11)10(9-20-14)7-16-21-17(22-25-16)12-3-1-2-4-15(12)26(19,23)24/h1-6,8-9,20H,7H2,(H2,19,23,24). The Morgan fingerprint density at radius 1 is 1.19 bits per heavy atom. The number of H-pyrrole nitrogens is 1. The van der Waals surface area contributed by atoms with Crippen molar-refractivity contribution in [2.45, 2.75) is 11.3 Å². The van der Waals surface area contributed by atoms with Gasteiger partial charge in [0.2, 0.25) is 21.7 Å². The van der Waals surface area contributed by atoms with Crippen LogP contribution in [0.1, 0.15) is 11.5 Å². The van der Waals surface area contributed by atoms with Gasteiger partial charge in [-0.2, -0.15) is 4.98 Å². The third-order valence-electron chi connectivity index (χ3n) is 3.97. The normalized spacial score (nSPS) is 11.9. The van der Waals surface area contributed by atoms with Gasteiger partial charge in [0.1, 0.15) is 5.82 Å². The summed E-state index contributed by atoms with van der Waals surface area (Å²) in [7, 11) is -3.92. The molecule has 0 aliphatic rings. The molecule has 4 rings (SSSR count). The van der Waals surface area contributed by atoms with Crippen molar-refractivity contribution in [3.63, 3.8) is 0 Å². The maximum atomic E-state index is 13.5. The van der Waals surface area contributed by atoms with Crippen LogP contribution in [0.25, 0.3) is 22.3 Å². The molecule has 0 aliphatic carbocycles. The molecule has 132 valence electrons. The fourth-order valence-electron chi connectivity index (χ4n) is 2.80. The monoisotopic (exact) mass is 372 g/mol. The van der Waals surface area contributed by atoms with E-state index in [-0.39, 0.29) is 34.4 Å². The van der Waals surface area contributed by atoms with Crippen molar-refractivity contribution in [3.05, 3.63) is 65.9 Å². The van der Waals surface area contributed by atoms with Gasteiger partial charge in [-0.05, 0) is 35.9 Å². The van der Waals surface area contributed by atoms with Crippen LogP contribution in [0.3, 0.4) is 0 Å². The number of primary sulfonamides is 1. The van der Waals surface area contributed by atoms with Crippen LogP contribution < -0.4 is 5.14 Å². The van der Waals surface area contributed by atoms with E-state index in [2.05, 4.69) is 15.1 Å². The van der Waals surface area contributed by atoms with Crippen molar-refractivity contribution in [1.29, 1.82) is 0 Å². The van der Waals surface area contributed by atoms with E-state index in [1.165, 1.54) is 18.2 Å². The van der Waals surface area contributed by atoms with Crippen molar-refractivity contribution in [2.24, 2.45) is 5.14 Å². The molecule has 7 nitrogen and oxygen atoms in total. The zero-order chi connectivity index (χ0) is 18.3. The lowest BCUT2D eigenvalue weighted by molar-refractivity contribution is 0.386. The van der Waals surface area contributed by atoms with Crippen LogP contribution in [0.2, 0.25) is 0 Å². The van der Waals surface area contributed by atoms with Crippen LogP contribution >= 0.6 is 0 Å². The summed E-state index contributed by atoms with van der Waals surface area (Å²) in [5, 5.41) is 9.80. The first-order valence-electron chi connectivity index (χ1n) is 7.62. The first-order chi connectivity index (χ1) is 12.4. The Morgan fingerprint density at radius 3 is 2.81 bits per heavy atom. The molecule has 0 unspecified atom stereocenters. The first kappa shape index (κ1) is 16.4. The highest BCUT2D eigenvalue weighted by atomic mass is 32.2. The number of aromatic nitrogens is 3. The van der Waals surface area contributed by atoms with Crippen LogP contribution in [0, 0.1) is 5.82 Å². The number of benzene rings is 2. The molecular weight excluding hydrogens is 359 g/mol. The van der Waals surface area contributed by atoms with E-state index in [1.807, 2.05) is 0 Å². The van der Waals surface area contributed by atoms with Gasteiger partial charge in [0, 0.05) is 22.7 Å². The highest BCUT2D eigenvalue weighted by Crippen LogP contribution is 2.26. The Kier molecular flexibility index (Phi) is 3.82. The summed E-state index contributed by atoms with van der Waals surface area (Å²) in [5.74, 6) is 0.0525. The van der Waals surface area contributed by atoms with Crippen LogP contribution in [-0.2, 0) is 16.4 Å². The number of rotatable bonds is 4. The molecule has 0 saturated heterocycles. The van der Waals surface area contributed by atoms with E-state index >= 15 is 0 Å². The lowest BCUT2D eigenvalue weighted by Crippen LogP contribution is -2.13. The highest BCUT2D eigenvalue weighted by Gasteiger charge is 2.19. The number of sulfonamides is 1. The fraction of sp³-hybridized carbons (Fsp3) is 0.0588. The average molecular weight is 372 g/mol. The van der Waals surface area contributed by atoms with E-state index in [9.17, 15) is 12.8 Å². The third-order valence-corrected chi connectivity index (χ3v) is 4.94. The first-order valence-corrected chi connectivity index (χ1v) is 9.17. The second-order valence-electron chi connectivity index (χ2n) is 5.73. The SMILES string of the molecule is NS(=O)(=O)c1ccccc1-c1noc(Cc2c[nH]c3ccc(F)cc23)n1. The van der Waals surface area contributed by atoms with Gasteiger partial charge in [0.05, 0.1) is 11.3 Å². The minimum atomic E-state index is -3.92. The lowest BCUT2D eigenvalue weighted by Gasteiger charge is -2.02. The third kappa shape index (κ3) is 2.98. The molecule has 3 N–H and O–H groups in total. The van der Waals surface area contributed by atoms with Gasteiger partial charge in [-0.15, -0.1) is 0 Å². The summed E-state index contributed by atoms with van der Waals surface area (Å²) in [6, 6.07) is 10.6. The molecule has 0 aliphatic heterocycles. The molecule has 2 aromatic carbocycles. The van der Waals surface area contributed by atoms with Gasteiger partial charge in [-0.1, -0.05) is 17.3 Å². The number of fused-ring (bicyclic) bond motifs is 1. The Hall–Kier alpha value is -3.04. The number of nitrogens with two attached hydrogens (primary N) is 1. The number of nitrogens with zero attached hydrogens (tertiary/aromatic N) is 2. The Bertz CT molecular complexity index is 1210. The van der Waals surface area contributed by atoms with Crippen molar-refractivity contribution in [2.75, 3.05) is 0 Å². The van der Waals surface area contributed by atoms with E-state index in [0.717, 1.165) is 16.5 Å². The van der Waals surface area contributed by atoms with Gasteiger partial charge < -0.3 is 9.51 Å². The molecule has 2 aromatic heterocycles. The molecule has 0 spiro atoms. The summed E-state index contributed by atoms with van der Waals surface area (Å²) < 4.78 is 42.2. The molecule has 9 heteroatoms. The fourth-order valence-corrected chi connectivity index (χ4v) is 3.53. The van der Waals surface area contributed by atoms with Gasteiger partial charge in [-0.3, -0.25) is 0 Å². The number of nitrogens with one attached hydrogen (secondary N) is 1. The van der Waals surface area contributed by atoms with Gasteiger partial charge in [0.25, 0.3) is 0 Å². The predicted octanol–water partition coefficient (Wildman–Crippen LogP) is 2.60. The molecular formula is C17H13FN4O3S. The molecule has 0 atom stereocenters. The van der Waals surface area contributed by atoms with E-state index in [1.54, 1.807) is 30.5 Å². The second-order valence-corrected chi connectivity index (χ2v) is 7.26. The summed E-state index contributed by atoms with van der Waals surface area (Å²) in [4.78, 5) is 7.22. The van der Waals surface area contributed by atoms with Crippen molar-refractivity contribution in [3.8, 4) is 11.4 Å². The summed E-state index contributed by atoms with van der Waals surface area (Å²) in [5.41, 5.74) is 1.84. The van der Waals surface area contributed by atoms with Crippen molar-refractivity contribution < 1.29 is 17.3 Å². The zero-order valence-corrected chi connectivity index (χ0v) is 14.1. The summed E-state index contributed by atoms with van der Waals surface area (Å²) in [6.45, 7) is 0. The summed E-state index contributed by atoms with van der Waals surface area (Å²) in [6.07, 6.45) is 2.01. The van der Waals surface area contributed by atoms with Crippen molar-refractivity contribution in [1.82, 2.24) is 15.1 Å². The molecule has 26 heavy (non-hydrogen) atoms. The molecule has 0 saturated carbocycles. The van der Waals surface area contributed by atoms with E-state index in [4.69, 9.17) is 9.66 Å². The second kappa shape index (κ2) is 6.04. The maximum absolute atomic E-state index is 13.5. The van der Waals surface area contributed by atoms with E-state index < -0.39 is 10.0 Å². The van der Waals surface area contributed by atoms with Gasteiger partial charge in [-0.25, -0.2) is 17.9 Å². The minimum absolute atomic E-state index is 0.0819. The number of aromatic amines is 1. The van der Waals surface area contributed by atoms with Crippen LogP contribution in [-0.4, -0.2) is 23.5 Å². The Balaban J connectivity index is 1.70. The quantitative estimate of drug-likeness (QED) is 0.571. The van der Waals surface area contributed by atoms with Crippen LogP contribution in [0.15, 0.2) is 58.1 Å². The highest BCUT2D eigenvalue weighted by molar-refractivity contribution is 7.89. The molecule has 4 aromatic rings. The van der Waals surface area contributed by atoms with Crippen LogP contribution in [0.4, 0.5) is 4.39 Å². The zero-order valence-electron chi connectivity index (χ0n) is 13.3. The molecule has 0 radical (unpaired) electrons. The van der Waals surface area contributed by atoms with Crippen LogP contribution in [0.5, 0.6) is 0 Å². The Morgan fingerprint density at radius 2 is 2.00 bits per heavy atom. The van der Waals surface area contributed by atoms with Crippen molar-refractivity contribution >= 4 is 20.9 Å². The topological polar surface area (TPSA) is 115 Å². The maximum Gasteiger partial charge on any atom is 0.238 e. The largest absolute Gasteiger partial charge is 0.361 e. The summed E-state index contributed by atoms with van der Waals surface area (Å²) >= 11 is 0. The van der Waals surface area contributed by atoms with Gasteiger partial charge >= 0.3 is 0 Å². The average Bonchev–Trinajstić information content (AvgIpc) is 3.22. The number of hydrogen-bond donors (Lipinski definition) is 2. The molecule has 2 heterocycles. The predicted molar refractivity (Wildman–Crippen MR) is 92.2 cm³/mol. The smallest absolute Gasteiger partial charge is 0.238 e. The molecule has 0 bridgehead atoms. The Labute approximate surface area is 147 Å². The molecule has 0 fully saturated rings. The van der Waals surface area contributed by atoms with Gasteiger partial charge in [0.15, 0.2) is 0 Å². The number of hydrogen-bond acceptors (Lipinski definition) is 5. The minimum Gasteiger partial charge on any atom is -0.361 e. The lowest BCUT2D eigenvalue weighted by atomic mass is 10.1.